The molecule has 0 atom stereocenters. The normalized spacial score (nSPS) is 12.6. The molecule has 0 unspecified atom stereocenters. The number of rotatable bonds is 4. The Kier molecular flexibility index (Phi) is 4.57. The minimum Gasteiger partial charge on any atom is -0.488 e. The van der Waals surface area contributed by atoms with Crippen LogP contribution in [0.1, 0.15) is 15.9 Å². The van der Waals surface area contributed by atoms with Crippen molar-refractivity contribution in [3.8, 4) is 17.2 Å². The number of hydrogen-bond donors (Lipinski definition) is 0. The van der Waals surface area contributed by atoms with Crippen LogP contribution in [0.3, 0.4) is 0 Å². The number of carbonyl (C=O) groups excluding carboxylic acids is 1. The highest BCUT2D eigenvalue weighted by atomic mass is 35.5. The number of esters is 1. The molecule has 1 heterocycles. The molecule has 0 saturated carbocycles. The lowest BCUT2D eigenvalue weighted by Gasteiger charge is -2.19. The third-order valence-electron chi connectivity index (χ3n) is 3.35. The number of methoxy groups -OCH3 is 1. The molecule has 0 fully saturated rings. The second-order valence-corrected chi connectivity index (χ2v) is 5.34. The van der Waals surface area contributed by atoms with Crippen molar-refractivity contribution in [1.82, 2.24) is 0 Å². The highest BCUT2D eigenvalue weighted by molar-refractivity contribution is 6.30. The molecular formula is C17H15ClO5. The van der Waals surface area contributed by atoms with Crippen LogP contribution < -0.4 is 14.2 Å². The number of carbonyl (C=O) groups is 1. The van der Waals surface area contributed by atoms with Gasteiger partial charge in [-0.25, -0.2) is 4.79 Å². The van der Waals surface area contributed by atoms with Crippen LogP contribution in [-0.2, 0) is 11.3 Å². The smallest absolute Gasteiger partial charge is 0.341 e. The van der Waals surface area contributed by atoms with Crippen LogP contribution >= 0.6 is 11.6 Å². The van der Waals surface area contributed by atoms with E-state index >= 15 is 0 Å². The summed E-state index contributed by atoms with van der Waals surface area (Å²) in [4.78, 5) is 11.8. The van der Waals surface area contributed by atoms with E-state index in [0.717, 1.165) is 11.3 Å². The monoisotopic (exact) mass is 334 g/mol. The molecule has 3 rings (SSSR count). The SMILES string of the molecule is COC(=O)c1ccc(Cl)cc1OCc1ccc2c(c1)OCCO2. The molecule has 5 nitrogen and oxygen atoms in total. The van der Waals surface area contributed by atoms with E-state index < -0.39 is 5.97 Å². The third-order valence-corrected chi connectivity index (χ3v) is 3.58. The highest BCUT2D eigenvalue weighted by Gasteiger charge is 2.15. The zero-order chi connectivity index (χ0) is 16.2. The second-order valence-electron chi connectivity index (χ2n) is 4.90. The van der Waals surface area contributed by atoms with Crippen LogP contribution in [-0.4, -0.2) is 26.3 Å². The van der Waals surface area contributed by atoms with Crippen LogP contribution in [0.4, 0.5) is 0 Å². The van der Waals surface area contributed by atoms with Gasteiger partial charge in [-0.1, -0.05) is 17.7 Å². The highest BCUT2D eigenvalue weighted by Crippen LogP contribution is 2.31. The fraction of sp³-hybridized carbons (Fsp3) is 0.235. The maximum absolute atomic E-state index is 11.8. The zero-order valence-electron chi connectivity index (χ0n) is 12.5. The first-order chi connectivity index (χ1) is 11.2. The molecule has 0 bridgehead atoms. The van der Waals surface area contributed by atoms with Gasteiger partial charge in [-0.2, -0.15) is 0 Å². The van der Waals surface area contributed by atoms with Crippen LogP contribution in [0.2, 0.25) is 5.02 Å². The maximum Gasteiger partial charge on any atom is 0.341 e. The Balaban J connectivity index is 1.78. The molecule has 0 saturated heterocycles. The van der Waals surface area contributed by atoms with Crippen molar-refractivity contribution < 1.29 is 23.7 Å². The Morgan fingerprint density at radius 3 is 2.70 bits per heavy atom. The molecular weight excluding hydrogens is 320 g/mol. The van der Waals surface area contributed by atoms with Crippen molar-refractivity contribution in [2.24, 2.45) is 0 Å². The van der Waals surface area contributed by atoms with Crippen molar-refractivity contribution in [2.45, 2.75) is 6.61 Å². The molecule has 1 aliphatic rings. The molecule has 1 aliphatic heterocycles. The van der Waals surface area contributed by atoms with E-state index in [2.05, 4.69) is 0 Å². The summed E-state index contributed by atoms with van der Waals surface area (Å²) in [6.07, 6.45) is 0. The van der Waals surface area contributed by atoms with Gasteiger partial charge in [0.1, 0.15) is 31.1 Å². The number of benzene rings is 2. The predicted octanol–water partition coefficient (Wildman–Crippen LogP) is 3.48. The van der Waals surface area contributed by atoms with Crippen LogP contribution in [0, 0.1) is 0 Å². The summed E-state index contributed by atoms with van der Waals surface area (Å²) in [5, 5.41) is 0.481. The number of fused-ring (bicyclic) bond motifs is 1. The first-order valence-corrected chi connectivity index (χ1v) is 7.44. The van der Waals surface area contributed by atoms with E-state index in [4.69, 9.17) is 30.5 Å². The van der Waals surface area contributed by atoms with Gasteiger partial charge in [-0.15, -0.1) is 0 Å². The van der Waals surface area contributed by atoms with Crippen LogP contribution in [0.5, 0.6) is 17.2 Å². The van der Waals surface area contributed by atoms with Gasteiger partial charge >= 0.3 is 5.97 Å². The lowest BCUT2D eigenvalue weighted by molar-refractivity contribution is 0.0595. The molecule has 0 spiro atoms. The minimum absolute atomic E-state index is 0.265. The molecule has 2 aromatic carbocycles. The molecule has 2 aromatic rings. The molecule has 0 amide bonds. The summed E-state index contributed by atoms with van der Waals surface area (Å²) >= 11 is 5.97. The summed E-state index contributed by atoms with van der Waals surface area (Å²) < 4.78 is 21.5. The van der Waals surface area contributed by atoms with Crippen LogP contribution in [0.15, 0.2) is 36.4 Å². The van der Waals surface area contributed by atoms with Gasteiger partial charge in [-0.3, -0.25) is 0 Å². The van der Waals surface area contributed by atoms with Gasteiger partial charge in [0.2, 0.25) is 0 Å². The van der Waals surface area contributed by atoms with E-state index in [-0.39, 0.29) is 6.61 Å². The lowest BCUT2D eigenvalue weighted by Crippen LogP contribution is -2.15. The molecule has 23 heavy (non-hydrogen) atoms. The largest absolute Gasteiger partial charge is 0.488 e. The van der Waals surface area contributed by atoms with Gasteiger partial charge < -0.3 is 18.9 Å². The van der Waals surface area contributed by atoms with Gasteiger partial charge in [0.05, 0.1) is 7.11 Å². The molecule has 0 radical (unpaired) electrons. The van der Waals surface area contributed by atoms with Crippen molar-refractivity contribution >= 4 is 17.6 Å². The summed E-state index contributed by atoms with van der Waals surface area (Å²) in [7, 11) is 1.32. The average molecular weight is 335 g/mol. The summed E-state index contributed by atoms with van der Waals surface area (Å²) in [6.45, 7) is 1.34. The Bertz CT molecular complexity index is 729. The summed E-state index contributed by atoms with van der Waals surface area (Å²) in [6, 6.07) is 10.4. The Morgan fingerprint density at radius 1 is 1.13 bits per heavy atom. The third kappa shape index (κ3) is 3.51. The lowest BCUT2D eigenvalue weighted by atomic mass is 10.2. The summed E-state index contributed by atoms with van der Waals surface area (Å²) in [5.74, 6) is 1.31. The predicted molar refractivity (Wildman–Crippen MR) is 84.6 cm³/mol. The number of hydrogen-bond acceptors (Lipinski definition) is 5. The second kappa shape index (κ2) is 6.79. The van der Waals surface area contributed by atoms with E-state index in [0.29, 0.717) is 35.3 Å². The Labute approximate surface area is 138 Å². The van der Waals surface area contributed by atoms with Gasteiger partial charge in [0, 0.05) is 5.02 Å². The van der Waals surface area contributed by atoms with Crippen LogP contribution in [0.25, 0.3) is 0 Å². The zero-order valence-corrected chi connectivity index (χ0v) is 13.3. The van der Waals surface area contributed by atoms with Crippen molar-refractivity contribution in [3.63, 3.8) is 0 Å². The maximum atomic E-state index is 11.8. The van der Waals surface area contributed by atoms with Crippen molar-refractivity contribution in [1.29, 1.82) is 0 Å². The Morgan fingerprint density at radius 2 is 1.91 bits per heavy atom. The molecule has 0 aliphatic carbocycles. The van der Waals surface area contributed by atoms with E-state index in [1.54, 1.807) is 18.2 Å². The fourth-order valence-electron chi connectivity index (χ4n) is 2.23. The summed E-state index contributed by atoms with van der Waals surface area (Å²) in [5.41, 5.74) is 1.22. The van der Waals surface area contributed by atoms with E-state index in [1.165, 1.54) is 7.11 Å². The molecule has 0 N–H and O–H groups in total. The molecule has 0 aromatic heterocycles. The van der Waals surface area contributed by atoms with E-state index in [9.17, 15) is 4.79 Å². The van der Waals surface area contributed by atoms with Gasteiger partial charge in [0.15, 0.2) is 11.5 Å². The minimum atomic E-state index is -0.473. The first-order valence-electron chi connectivity index (χ1n) is 7.06. The number of halogens is 1. The standard InChI is InChI=1S/C17H15ClO5/c1-20-17(19)13-4-3-12(18)9-15(13)23-10-11-2-5-14-16(8-11)22-7-6-21-14/h2-5,8-9H,6-7,10H2,1H3. The average Bonchev–Trinajstić information content (AvgIpc) is 2.59. The topological polar surface area (TPSA) is 54.0 Å². The van der Waals surface area contributed by atoms with Crippen molar-refractivity contribution in [3.05, 3.63) is 52.5 Å². The van der Waals surface area contributed by atoms with E-state index in [1.807, 2.05) is 18.2 Å². The fourth-order valence-corrected chi connectivity index (χ4v) is 2.39. The quantitative estimate of drug-likeness (QED) is 0.801. The van der Waals surface area contributed by atoms with Crippen molar-refractivity contribution in [2.75, 3.05) is 20.3 Å². The van der Waals surface area contributed by atoms with Gasteiger partial charge in [0.25, 0.3) is 0 Å². The molecule has 6 heteroatoms. The number of ether oxygens (including phenoxy) is 4. The van der Waals surface area contributed by atoms with Gasteiger partial charge in [-0.05, 0) is 35.9 Å². The Hall–Kier alpha value is -2.40. The first kappa shape index (κ1) is 15.5. The molecule has 120 valence electrons.